The summed E-state index contributed by atoms with van der Waals surface area (Å²) in [6.45, 7) is 2.02. The molecule has 3 aromatic rings. The highest BCUT2D eigenvalue weighted by Gasteiger charge is 2.25. The highest BCUT2D eigenvalue weighted by atomic mass is 79.9. The summed E-state index contributed by atoms with van der Waals surface area (Å²) in [6.07, 6.45) is 4.16. The van der Waals surface area contributed by atoms with Crippen molar-refractivity contribution in [2.75, 3.05) is 17.7 Å². The monoisotopic (exact) mass is 414 g/mol. The lowest BCUT2D eigenvalue weighted by molar-refractivity contribution is 0.416. The molecule has 0 saturated heterocycles. The van der Waals surface area contributed by atoms with Crippen LogP contribution in [0.3, 0.4) is 0 Å². The molecule has 7 nitrogen and oxygen atoms in total. The van der Waals surface area contributed by atoms with Crippen LogP contribution in [0, 0.1) is 6.92 Å². The number of rotatable bonds is 6. The van der Waals surface area contributed by atoms with Crippen molar-refractivity contribution in [3.63, 3.8) is 0 Å². The molecule has 0 amide bonds. The standard InChI is InChI=1S/C18H19BrN6O/c1-10-3-6-15(26-2)14(7-10)21-18-20-9-12(19)17(23-18)22-16-8-13(24-25-16)11-4-5-11/h3,6-9,11H,4-5H2,1-2H3,(H3,20,21,22,23,24,25). The fraction of sp³-hybridized carbons (Fsp3) is 0.278. The molecule has 2 heterocycles. The summed E-state index contributed by atoms with van der Waals surface area (Å²) in [7, 11) is 1.64. The third-order valence-corrected chi connectivity index (χ3v) is 4.79. The minimum absolute atomic E-state index is 0.470. The zero-order valence-electron chi connectivity index (χ0n) is 14.5. The van der Waals surface area contributed by atoms with Crippen LogP contribution in [0.25, 0.3) is 0 Å². The molecule has 0 unspecified atom stereocenters. The molecule has 1 aromatic carbocycles. The lowest BCUT2D eigenvalue weighted by Gasteiger charge is -2.12. The van der Waals surface area contributed by atoms with Crippen molar-refractivity contribution in [3.8, 4) is 5.75 Å². The molecule has 0 radical (unpaired) electrons. The van der Waals surface area contributed by atoms with Gasteiger partial charge < -0.3 is 15.4 Å². The van der Waals surface area contributed by atoms with Crippen LogP contribution < -0.4 is 15.4 Å². The molecule has 1 saturated carbocycles. The van der Waals surface area contributed by atoms with Gasteiger partial charge in [0.25, 0.3) is 0 Å². The van der Waals surface area contributed by atoms with Crippen molar-refractivity contribution >= 4 is 39.2 Å². The molecular weight excluding hydrogens is 396 g/mol. The SMILES string of the molecule is COc1ccc(C)cc1Nc1ncc(Br)c(Nc2cc(C3CC3)[nH]n2)n1. The summed E-state index contributed by atoms with van der Waals surface area (Å²) in [5, 5.41) is 13.8. The number of hydrogen-bond acceptors (Lipinski definition) is 6. The van der Waals surface area contributed by atoms with E-state index in [1.807, 2.05) is 31.2 Å². The van der Waals surface area contributed by atoms with Gasteiger partial charge in [-0.15, -0.1) is 0 Å². The molecule has 0 bridgehead atoms. The van der Waals surface area contributed by atoms with Crippen LogP contribution in [0.5, 0.6) is 5.75 Å². The molecule has 1 aliphatic carbocycles. The van der Waals surface area contributed by atoms with Gasteiger partial charge in [-0.2, -0.15) is 10.1 Å². The van der Waals surface area contributed by atoms with Gasteiger partial charge in [0.05, 0.1) is 17.3 Å². The van der Waals surface area contributed by atoms with E-state index in [1.165, 1.54) is 18.5 Å². The van der Waals surface area contributed by atoms with Crippen molar-refractivity contribution < 1.29 is 4.74 Å². The lowest BCUT2D eigenvalue weighted by Crippen LogP contribution is -2.03. The van der Waals surface area contributed by atoms with Crippen molar-refractivity contribution in [2.24, 2.45) is 0 Å². The second-order valence-corrected chi connectivity index (χ2v) is 7.18. The van der Waals surface area contributed by atoms with Crippen LogP contribution in [0.15, 0.2) is 34.9 Å². The smallest absolute Gasteiger partial charge is 0.229 e. The Hall–Kier alpha value is -2.61. The van der Waals surface area contributed by atoms with Crippen LogP contribution in [-0.2, 0) is 0 Å². The average molecular weight is 415 g/mol. The minimum atomic E-state index is 0.470. The predicted octanol–water partition coefficient (Wildman–Crippen LogP) is 4.64. The van der Waals surface area contributed by atoms with Crippen LogP contribution >= 0.6 is 15.9 Å². The fourth-order valence-electron chi connectivity index (χ4n) is 2.68. The Balaban J connectivity index is 1.56. The van der Waals surface area contributed by atoms with E-state index in [2.05, 4.69) is 46.7 Å². The van der Waals surface area contributed by atoms with Crippen molar-refractivity contribution in [1.29, 1.82) is 0 Å². The second kappa shape index (κ2) is 6.95. The number of H-pyrrole nitrogens is 1. The van der Waals surface area contributed by atoms with E-state index in [4.69, 9.17) is 4.74 Å². The van der Waals surface area contributed by atoms with Gasteiger partial charge in [0, 0.05) is 23.9 Å². The first-order chi connectivity index (χ1) is 12.6. The highest BCUT2D eigenvalue weighted by molar-refractivity contribution is 9.10. The molecule has 3 N–H and O–H groups in total. The number of halogens is 1. The van der Waals surface area contributed by atoms with E-state index < -0.39 is 0 Å². The Morgan fingerprint density at radius 3 is 2.85 bits per heavy atom. The summed E-state index contributed by atoms with van der Waals surface area (Å²) in [4.78, 5) is 8.88. The Bertz CT molecular complexity index is 937. The zero-order valence-corrected chi connectivity index (χ0v) is 16.1. The Labute approximate surface area is 159 Å². The number of benzene rings is 1. The number of ether oxygens (including phenoxy) is 1. The number of aryl methyl sites for hydroxylation is 1. The third kappa shape index (κ3) is 3.65. The number of nitrogens with one attached hydrogen (secondary N) is 3. The highest BCUT2D eigenvalue weighted by Crippen LogP contribution is 2.40. The number of hydrogen-bond donors (Lipinski definition) is 3. The maximum Gasteiger partial charge on any atom is 0.229 e. The molecule has 0 spiro atoms. The van der Waals surface area contributed by atoms with E-state index in [0.717, 1.165) is 27.3 Å². The summed E-state index contributed by atoms with van der Waals surface area (Å²) in [5.41, 5.74) is 3.10. The Morgan fingerprint density at radius 2 is 2.08 bits per heavy atom. The quantitative estimate of drug-likeness (QED) is 0.544. The van der Waals surface area contributed by atoms with Crippen LogP contribution in [0.1, 0.15) is 30.0 Å². The molecular formula is C18H19BrN6O. The van der Waals surface area contributed by atoms with Crippen molar-refractivity contribution in [2.45, 2.75) is 25.7 Å². The first kappa shape index (κ1) is 16.8. The molecule has 134 valence electrons. The van der Waals surface area contributed by atoms with E-state index in [9.17, 15) is 0 Å². The fourth-order valence-corrected chi connectivity index (χ4v) is 2.97. The molecule has 1 aliphatic rings. The van der Waals surface area contributed by atoms with Gasteiger partial charge in [0.2, 0.25) is 5.95 Å². The van der Waals surface area contributed by atoms with Gasteiger partial charge in [0.1, 0.15) is 5.75 Å². The van der Waals surface area contributed by atoms with Crippen LogP contribution in [-0.4, -0.2) is 27.3 Å². The van der Waals surface area contributed by atoms with E-state index in [0.29, 0.717) is 17.7 Å². The largest absolute Gasteiger partial charge is 0.495 e. The molecule has 0 atom stereocenters. The number of nitrogens with zero attached hydrogens (tertiary/aromatic N) is 3. The van der Waals surface area contributed by atoms with Gasteiger partial charge in [-0.25, -0.2) is 4.98 Å². The maximum atomic E-state index is 5.40. The van der Waals surface area contributed by atoms with Gasteiger partial charge in [-0.3, -0.25) is 5.10 Å². The molecule has 0 aliphatic heterocycles. The predicted molar refractivity (Wildman–Crippen MR) is 105 cm³/mol. The van der Waals surface area contributed by atoms with Gasteiger partial charge in [0.15, 0.2) is 11.6 Å². The summed E-state index contributed by atoms with van der Waals surface area (Å²) in [6, 6.07) is 7.93. The van der Waals surface area contributed by atoms with E-state index >= 15 is 0 Å². The number of anilines is 4. The first-order valence-corrected chi connectivity index (χ1v) is 9.18. The average Bonchev–Trinajstić information content (AvgIpc) is 3.38. The van der Waals surface area contributed by atoms with Crippen molar-refractivity contribution in [1.82, 2.24) is 20.2 Å². The molecule has 2 aromatic heterocycles. The second-order valence-electron chi connectivity index (χ2n) is 6.33. The van der Waals surface area contributed by atoms with Gasteiger partial charge in [-0.05, 0) is 53.4 Å². The van der Waals surface area contributed by atoms with Gasteiger partial charge >= 0.3 is 0 Å². The van der Waals surface area contributed by atoms with Crippen LogP contribution in [0.2, 0.25) is 0 Å². The summed E-state index contributed by atoms with van der Waals surface area (Å²) < 4.78 is 6.16. The normalized spacial score (nSPS) is 13.5. The lowest BCUT2D eigenvalue weighted by atomic mass is 10.2. The summed E-state index contributed by atoms with van der Waals surface area (Å²) in [5.74, 6) is 3.21. The molecule has 4 rings (SSSR count). The number of methoxy groups -OCH3 is 1. The molecule has 26 heavy (non-hydrogen) atoms. The Kier molecular flexibility index (Phi) is 4.50. The van der Waals surface area contributed by atoms with Crippen LogP contribution in [0.4, 0.5) is 23.3 Å². The first-order valence-electron chi connectivity index (χ1n) is 8.39. The number of aromatic nitrogens is 4. The minimum Gasteiger partial charge on any atom is -0.495 e. The van der Waals surface area contributed by atoms with Gasteiger partial charge in [-0.1, -0.05) is 6.07 Å². The maximum absolute atomic E-state index is 5.40. The zero-order chi connectivity index (χ0) is 18.1. The van der Waals surface area contributed by atoms with E-state index in [-0.39, 0.29) is 0 Å². The Morgan fingerprint density at radius 1 is 1.23 bits per heavy atom. The topological polar surface area (TPSA) is 87.8 Å². The number of aromatic amines is 1. The van der Waals surface area contributed by atoms with E-state index in [1.54, 1.807) is 13.3 Å². The molecule has 8 heteroatoms. The summed E-state index contributed by atoms with van der Waals surface area (Å²) >= 11 is 3.48. The third-order valence-electron chi connectivity index (χ3n) is 4.21. The molecule has 1 fully saturated rings. The van der Waals surface area contributed by atoms with Crippen molar-refractivity contribution in [3.05, 3.63) is 46.2 Å².